The molecule has 0 saturated heterocycles. The van der Waals surface area contributed by atoms with Crippen LogP contribution >= 0.6 is 7.82 Å². The molecule has 11 nitrogen and oxygen atoms in total. The van der Waals surface area contributed by atoms with Crippen molar-refractivity contribution in [3.05, 3.63) is 24.3 Å². The molecular formula is C46H86NO10P. The lowest BCUT2D eigenvalue weighted by molar-refractivity contribution is -0.161. The quantitative estimate of drug-likeness (QED) is 0.0231. The van der Waals surface area contributed by atoms with Gasteiger partial charge in [0.15, 0.2) is 6.10 Å². The van der Waals surface area contributed by atoms with Crippen LogP contribution in [0, 0.1) is 0 Å². The average Bonchev–Trinajstić information content (AvgIpc) is 3.20. The lowest BCUT2D eigenvalue weighted by atomic mass is 10.1. The maximum Gasteiger partial charge on any atom is 0.472 e. The van der Waals surface area contributed by atoms with Gasteiger partial charge in [0.05, 0.1) is 13.2 Å². The van der Waals surface area contributed by atoms with Gasteiger partial charge in [0, 0.05) is 12.8 Å². The highest BCUT2D eigenvalue weighted by molar-refractivity contribution is 7.47. The molecular weight excluding hydrogens is 757 g/mol. The van der Waals surface area contributed by atoms with Crippen LogP contribution in [0.5, 0.6) is 0 Å². The zero-order valence-corrected chi connectivity index (χ0v) is 37.8. The van der Waals surface area contributed by atoms with Gasteiger partial charge in [-0.2, -0.15) is 0 Å². The van der Waals surface area contributed by atoms with Crippen LogP contribution in [0.4, 0.5) is 0 Å². The Labute approximate surface area is 353 Å². The number of allylic oxidation sites excluding steroid dienone is 4. The van der Waals surface area contributed by atoms with Gasteiger partial charge in [-0.25, -0.2) is 4.57 Å². The zero-order chi connectivity index (χ0) is 42.8. The third-order valence-corrected chi connectivity index (χ3v) is 11.1. The summed E-state index contributed by atoms with van der Waals surface area (Å²) in [5, 5.41) is 8.89. The van der Waals surface area contributed by atoms with Gasteiger partial charge in [0.1, 0.15) is 12.6 Å². The standard InChI is InChI=1S/C46H86NO10P/c1-3-5-7-9-11-13-15-17-19-20-21-22-24-25-27-29-31-33-35-37-44(48)54-39-42(40-55-58(52,53)56-41-43(47)46(50)51)57-45(49)38-36-34-32-30-28-26-23-18-16-14-12-10-8-6-4-2/h17,19,32,34,42-43H,3-16,18,20-31,33,35-41,47H2,1-2H3,(H,50,51)(H,52,53)/b19-17+,34-32+/t42-,43+/m1/s1. The fraction of sp³-hybridized carbons (Fsp3) is 0.848. The zero-order valence-electron chi connectivity index (χ0n) is 36.9. The molecule has 0 bridgehead atoms. The highest BCUT2D eigenvalue weighted by atomic mass is 31.2. The number of nitrogens with two attached hydrogens (primary N) is 1. The SMILES string of the molecule is CCCCCCCC/C=C/CCCCCCCCCCCC(=O)OC[C@H](COP(=O)(O)OC[C@H](N)C(=O)O)OC(=O)CC/C=C/CCCCCCCCCCCCC. The maximum absolute atomic E-state index is 12.6. The second kappa shape index (κ2) is 41.7. The van der Waals surface area contributed by atoms with E-state index in [9.17, 15) is 23.8 Å². The van der Waals surface area contributed by atoms with Crippen molar-refractivity contribution in [3.8, 4) is 0 Å². The van der Waals surface area contributed by atoms with Crippen molar-refractivity contribution in [3.63, 3.8) is 0 Å². The topological polar surface area (TPSA) is 172 Å². The molecule has 0 radical (unpaired) electrons. The summed E-state index contributed by atoms with van der Waals surface area (Å²) in [5.41, 5.74) is 5.34. The van der Waals surface area contributed by atoms with Crippen LogP contribution in [0.25, 0.3) is 0 Å². The largest absolute Gasteiger partial charge is 0.480 e. The van der Waals surface area contributed by atoms with Crippen LogP contribution in [-0.4, -0.2) is 59.9 Å². The summed E-state index contributed by atoms with van der Waals surface area (Å²) in [6.45, 7) is 2.78. The normalized spacial score (nSPS) is 13.9. The van der Waals surface area contributed by atoms with Crippen molar-refractivity contribution in [1.29, 1.82) is 0 Å². The molecule has 0 fully saturated rings. The first-order chi connectivity index (χ1) is 28.1. The molecule has 0 heterocycles. The molecule has 0 amide bonds. The Morgan fingerprint density at radius 2 is 0.897 bits per heavy atom. The highest BCUT2D eigenvalue weighted by Gasteiger charge is 2.28. The van der Waals surface area contributed by atoms with E-state index in [1.165, 1.54) is 148 Å². The number of esters is 2. The highest BCUT2D eigenvalue weighted by Crippen LogP contribution is 2.43. The van der Waals surface area contributed by atoms with Gasteiger partial charge in [-0.3, -0.25) is 23.4 Å². The van der Waals surface area contributed by atoms with E-state index in [0.29, 0.717) is 12.8 Å². The van der Waals surface area contributed by atoms with Crippen LogP contribution in [0.15, 0.2) is 24.3 Å². The van der Waals surface area contributed by atoms with E-state index in [1.54, 1.807) is 0 Å². The molecule has 3 atom stereocenters. The number of ether oxygens (including phenoxy) is 2. The van der Waals surface area contributed by atoms with Crippen molar-refractivity contribution >= 4 is 25.7 Å². The number of carbonyl (C=O) groups excluding carboxylic acids is 2. The Morgan fingerprint density at radius 1 is 0.517 bits per heavy atom. The summed E-state index contributed by atoms with van der Waals surface area (Å²) in [4.78, 5) is 46.0. The van der Waals surface area contributed by atoms with Crippen LogP contribution in [0.1, 0.15) is 219 Å². The maximum atomic E-state index is 12.6. The summed E-state index contributed by atoms with van der Waals surface area (Å²) in [7, 11) is -4.72. The van der Waals surface area contributed by atoms with E-state index in [4.69, 9.17) is 24.8 Å². The van der Waals surface area contributed by atoms with Crippen molar-refractivity contribution in [2.24, 2.45) is 5.73 Å². The molecule has 1 unspecified atom stereocenters. The van der Waals surface area contributed by atoms with Gasteiger partial charge in [-0.15, -0.1) is 0 Å². The first-order valence-corrected chi connectivity index (χ1v) is 24.9. The monoisotopic (exact) mass is 844 g/mol. The first kappa shape index (κ1) is 56.0. The lowest BCUT2D eigenvalue weighted by Gasteiger charge is -2.20. The van der Waals surface area contributed by atoms with Gasteiger partial charge in [-0.05, 0) is 51.4 Å². The Hall–Kier alpha value is -2.04. The van der Waals surface area contributed by atoms with Gasteiger partial charge < -0.3 is 25.2 Å². The van der Waals surface area contributed by atoms with E-state index in [2.05, 4.69) is 36.6 Å². The molecule has 12 heteroatoms. The number of hydrogen-bond donors (Lipinski definition) is 3. The van der Waals surface area contributed by atoms with E-state index in [-0.39, 0.29) is 19.4 Å². The minimum absolute atomic E-state index is 0.0800. The molecule has 4 N–H and O–H groups in total. The van der Waals surface area contributed by atoms with Crippen molar-refractivity contribution in [2.75, 3.05) is 19.8 Å². The molecule has 0 aliphatic rings. The molecule has 0 aliphatic carbocycles. The molecule has 0 aromatic heterocycles. The second-order valence-electron chi connectivity index (χ2n) is 15.9. The van der Waals surface area contributed by atoms with Gasteiger partial charge in [0.25, 0.3) is 0 Å². The summed E-state index contributed by atoms with van der Waals surface area (Å²) < 4.78 is 32.7. The lowest BCUT2D eigenvalue weighted by Crippen LogP contribution is -2.34. The number of phosphoric ester groups is 1. The molecule has 58 heavy (non-hydrogen) atoms. The third kappa shape index (κ3) is 40.7. The van der Waals surface area contributed by atoms with E-state index >= 15 is 0 Å². The van der Waals surface area contributed by atoms with Crippen LogP contribution in [0.3, 0.4) is 0 Å². The number of unbranched alkanes of at least 4 members (excludes halogenated alkanes) is 26. The number of aliphatic carboxylic acids is 1. The molecule has 0 rings (SSSR count). The third-order valence-electron chi connectivity index (χ3n) is 10.2. The first-order valence-electron chi connectivity index (χ1n) is 23.4. The fourth-order valence-electron chi connectivity index (χ4n) is 6.49. The smallest absolute Gasteiger partial charge is 0.472 e. The Bertz CT molecular complexity index is 1080. The number of carboxylic acid groups (broad SMARTS) is 1. The van der Waals surface area contributed by atoms with Crippen molar-refractivity contribution in [1.82, 2.24) is 0 Å². The minimum atomic E-state index is -4.72. The molecule has 0 aliphatic heterocycles. The van der Waals surface area contributed by atoms with E-state index < -0.39 is 51.1 Å². The molecule has 0 aromatic carbocycles. The number of hydrogen-bond acceptors (Lipinski definition) is 9. The average molecular weight is 844 g/mol. The van der Waals surface area contributed by atoms with Gasteiger partial charge >= 0.3 is 25.7 Å². The van der Waals surface area contributed by atoms with Gasteiger partial charge in [0.2, 0.25) is 0 Å². The van der Waals surface area contributed by atoms with Crippen molar-refractivity contribution < 1.29 is 47.5 Å². The summed E-state index contributed by atoms with van der Waals surface area (Å²) >= 11 is 0. The van der Waals surface area contributed by atoms with Crippen LogP contribution in [0.2, 0.25) is 0 Å². The predicted molar refractivity (Wildman–Crippen MR) is 236 cm³/mol. The number of rotatable bonds is 44. The summed E-state index contributed by atoms with van der Waals surface area (Å²) in [6, 6.07) is -1.52. The summed E-state index contributed by atoms with van der Waals surface area (Å²) in [6.07, 6.45) is 44.0. The molecule has 0 saturated carbocycles. The molecule has 340 valence electrons. The minimum Gasteiger partial charge on any atom is -0.480 e. The number of phosphoric acid groups is 1. The Balaban J connectivity index is 4.32. The van der Waals surface area contributed by atoms with Crippen LogP contribution in [-0.2, 0) is 37.5 Å². The van der Waals surface area contributed by atoms with Crippen LogP contribution < -0.4 is 5.73 Å². The van der Waals surface area contributed by atoms with E-state index in [1.807, 2.05) is 6.08 Å². The molecule has 0 aromatic rings. The Kier molecular flexibility index (Phi) is 40.2. The second-order valence-corrected chi connectivity index (χ2v) is 17.3. The van der Waals surface area contributed by atoms with Gasteiger partial charge in [-0.1, -0.05) is 179 Å². The predicted octanol–water partition coefficient (Wildman–Crippen LogP) is 12.6. The fourth-order valence-corrected chi connectivity index (χ4v) is 7.27. The molecule has 0 spiro atoms. The summed E-state index contributed by atoms with van der Waals surface area (Å²) in [5.74, 6) is -2.43. The van der Waals surface area contributed by atoms with E-state index in [0.717, 1.165) is 32.1 Å². The number of carboxylic acids is 1. The van der Waals surface area contributed by atoms with Crippen molar-refractivity contribution in [2.45, 2.75) is 231 Å². The Morgan fingerprint density at radius 3 is 1.33 bits per heavy atom. The number of carbonyl (C=O) groups is 3.